The van der Waals surface area contributed by atoms with Gasteiger partial charge in [0.25, 0.3) is 0 Å². The summed E-state index contributed by atoms with van der Waals surface area (Å²) < 4.78 is 0. The number of carboxylic acid groups (broad SMARTS) is 1. The van der Waals surface area contributed by atoms with E-state index in [2.05, 4.69) is 67.5 Å². The number of carbonyl (C=O) groups excluding carboxylic acids is 1. The van der Waals surface area contributed by atoms with E-state index in [9.17, 15) is 10.2 Å². The Hall–Kier alpha value is -2.63. The standard InChI is InChI=1S/C30H42N2O2.C2H4O2.Mn/c1-19-13-21(27(33)23(15-19)29(3,4)5)17-31-25-11-9-10-12-26(25)32-18-22-14-20(2)16-24(28(22)34)30(6,7)8;1-2(3)4;/h13-18,25-26,33-34H,9-12H2,1-8H3;1H3,(H,3,4);/p-1. The molecule has 0 aromatic heterocycles. The number of hydrogen-bond donors (Lipinski definition) is 2. The maximum absolute atomic E-state index is 10.9. The molecule has 0 spiro atoms. The molecule has 0 saturated heterocycles. The van der Waals surface area contributed by atoms with Crippen molar-refractivity contribution in [2.45, 2.75) is 111 Å². The predicted octanol–water partition coefficient (Wildman–Crippen LogP) is 5.91. The van der Waals surface area contributed by atoms with Crippen LogP contribution in [0.2, 0.25) is 0 Å². The summed E-state index contributed by atoms with van der Waals surface area (Å²) in [6.45, 7) is 17.8. The largest absolute Gasteiger partial charge is 0.550 e. The summed E-state index contributed by atoms with van der Waals surface area (Å²) in [5.74, 6) is -0.450. The first-order valence-corrected chi connectivity index (χ1v) is 13.4. The van der Waals surface area contributed by atoms with Crippen LogP contribution in [0.5, 0.6) is 11.5 Å². The number of phenolic OH excluding ortho intramolecular Hbond substituents is 2. The van der Waals surface area contributed by atoms with Gasteiger partial charge in [-0.15, -0.1) is 0 Å². The molecular formula is C32H45MnN2O4-. The molecule has 0 heterocycles. The van der Waals surface area contributed by atoms with Gasteiger partial charge in [0.1, 0.15) is 11.5 Å². The normalized spacial score (nSPS) is 18.0. The molecule has 2 atom stereocenters. The van der Waals surface area contributed by atoms with Gasteiger partial charge in [0.05, 0.1) is 12.1 Å². The summed E-state index contributed by atoms with van der Waals surface area (Å²) in [6.07, 6.45) is 7.88. The molecule has 7 heteroatoms. The fourth-order valence-corrected chi connectivity index (χ4v) is 4.75. The predicted molar refractivity (Wildman–Crippen MR) is 155 cm³/mol. The SMILES string of the molecule is CC(=O)[O-].Cc1cc(C=NC2CCCCC2N=Cc2cc(C)cc(C(C)(C)C)c2O)c(O)c(C(C)(C)C)c1.[Mn]. The number of benzene rings is 2. The minimum Gasteiger partial charge on any atom is -0.550 e. The molecule has 3 rings (SSSR count). The van der Waals surface area contributed by atoms with Crippen molar-refractivity contribution in [3.63, 3.8) is 0 Å². The topological polar surface area (TPSA) is 105 Å². The van der Waals surface area contributed by atoms with Crippen molar-refractivity contribution >= 4 is 18.4 Å². The number of hydrogen-bond acceptors (Lipinski definition) is 6. The van der Waals surface area contributed by atoms with Gasteiger partial charge in [-0.3, -0.25) is 9.98 Å². The number of carbonyl (C=O) groups is 1. The van der Waals surface area contributed by atoms with E-state index in [0.29, 0.717) is 11.5 Å². The third kappa shape index (κ3) is 10.1. The van der Waals surface area contributed by atoms with Crippen LogP contribution in [-0.2, 0) is 32.7 Å². The van der Waals surface area contributed by atoms with Gasteiger partial charge in [-0.1, -0.05) is 66.5 Å². The molecule has 1 radical (unpaired) electrons. The second-order valence-corrected chi connectivity index (χ2v) is 12.5. The first-order valence-electron chi connectivity index (χ1n) is 13.4. The molecule has 1 fully saturated rings. The van der Waals surface area contributed by atoms with Crippen LogP contribution in [0.25, 0.3) is 0 Å². The van der Waals surface area contributed by atoms with Gasteiger partial charge < -0.3 is 20.1 Å². The first-order chi connectivity index (χ1) is 17.5. The molecule has 39 heavy (non-hydrogen) atoms. The van der Waals surface area contributed by atoms with Crippen molar-refractivity contribution in [2.75, 3.05) is 0 Å². The van der Waals surface area contributed by atoms with Gasteiger partial charge in [0.2, 0.25) is 0 Å². The molecule has 0 bridgehead atoms. The average Bonchev–Trinajstić information content (AvgIpc) is 2.78. The number of aliphatic carboxylic acids is 1. The Balaban J connectivity index is 0.00000142. The summed E-state index contributed by atoms with van der Waals surface area (Å²) in [4.78, 5) is 18.7. The Morgan fingerprint density at radius 1 is 0.795 bits per heavy atom. The van der Waals surface area contributed by atoms with Crippen LogP contribution >= 0.6 is 0 Å². The van der Waals surface area contributed by atoms with Crippen LogP contribution in [0.1, 0.15) is 108 Å². The van der Waals surface area contributed by atoms with Crippen molar-refractivity contribution in [1.29, 1.82) is 0 Å². The van der Waals surface area contributed by atoms with E-state index < -0.39 is 5.97 Å². The number of phenols is 2. The fraction of sp³-hybridized carbons (Fsp3) is 0.531. The fourth-order valence-electron chi connectivity index (χ4n) is 4.75. The summed E-state index contributed by atoms with van der Waals surface area (Å²) in [5.41, 5.74) is 5.37. The quantitative estimate of drug-likeness (QED) is 0.349. The maximum Gasteiger partial charge on any atom is 0.128 e. The van der Waals surface area contributed by atoms with Gasteiger partial charge in [0, 0.05) is 57.7 Å². The molecule has 2 aromatic rings. The minimum absolute atomic E-state index is 0. The zero-order chi connectivity index (χ0) is 28.8. The number of aryl methyl sites for hydroxylation is 2. The number of rotatable bonds is 4. The molecule has 0 amide bonds. The Morgan fingerprint density at radius 3 is 1.38 bits per heavy atom. The van der Waals surface area contributed by atoms with Gasteiger partial charge >= 0.3 is 0 Å². The van der Waals surface area contributed by atoms with Crippen LogP contribution in [0.3, 0.4) is 0 Å². The monoisotopic (exact) mass is 576 g/mol. The van der Waals surface area contributed by atoms with E-state index in [-0.39, 0.29) is 40.0 Å². The van der Waals surface area contributed by atoms with E-state index in [0.717, 1.165) is 66.0 Å². The van der Waals surface area contributed by atoms with Gasteiger partial charge in [-0.2, -0.15) is 0 Å². The number of aliphatic imine (C=N–C) groups is 2. The number of aromatic hydroxyl groups is 2. The summed E-state index contributed by atoms with van der Waals surface area (Å²) in [6, 6.07) is 8.23. The van der Waals surface area contributed by atoms with E-state index in [4.69, 9.17) is 19.9 Å². The first kappa shape index (κ1) is 34.4. The number of nitrogens with zero attached hydrogens (tertiary/aromatic N) is 2. The second-order valence-electron chi connectivity index (χ2n) is 12.5. The van der Waals surface area contributed by atoms with E-state index >= 15 is 0 Å². The van der Waals surface area contributed by atoms with Crippen LogP contribution < -0.4 is 5.11 Å². The molecule has 1 aliphatic carbocycles. The van der Waals surface area contributed by atoms with Crippen molar-refractivity contribution in [2.24, 2.45) is 9.98 Å². The molecule has 2 unspecified atom stereocenters. The van der Waals surface area contributed by atoms with E-state index in [1.807, 2.05) is 24.6 Å². The van der Waals surface area contributed by atoms with Crippen LogP contribution in [0.4, 0.5) is 0 Å². The van der Waals surface area contributed by atoms with Crippen LogP contribution in [-0.4, -0.2) is 40.7 Å². The molecule has 2 N–H and O–H groups in total. The van der Waals surface area contributed by atoms with Crippen molar-refractivity contribution < 1.29 is 37.2 Å². The molecule has 215 valence electrons. The van der Waals surface area contributed by atoms with Crippen LogP contribution in [0, 0.1) is 13.8 Å². The van der Waals surface area contributed by atoms with Gasteiger partial charge in [0.15, 0.2) is 0 Å². The van der Waals surface area contributed by atoms with Crippen molar-refractivity contribution in [1.82, 2.24) is 0 Å². The van der Waals surface area contributed by atoms with Gasteiger partial charge in [-0.05, 0) is 67.7 Å². The third-order valence-corrected chi connectivity index (χ3v) is 6.69. The van der Waals surface area contributed by atoms with Crippen molar-refractivity contribution in [3.05, 3.63) is 57.6 Å². The summed E-state index contributed by atoms with van der Waals surface area (Å²) in [5, 5.41) is 30.7. The Kier molecular flexibility index (Phi) is 12.5. The molecule has 0 aliphatic heterocycles. The molecular weight excluding hydrogens is 531 g/mol. The maximum atomic E-state index is 10.9. The zero-order valence-electron chi connectivity index (χ0n) is 24.9. The van der Waals surface area contributed by atoms with Gasteiger partial charge in [-0.25, -0.2) is 0 Å². The van der Waals surface area contributed by atoms with E-state index in [1.54, 1.807) is 0 Å². The Labute approximate surface area is 245 Å². The van der Waals surface area contributed by atoms with Crippen LogP contribution in [0.15, 0.2) is 34.3 Å². The molecule has 1 aliphatic rings. The molecule has 1 saturated carbocycles. The summed E-state index contributed by atoms with van der Waals surface area (Å²) >= 11 is 0. The van der Waals surface area contributed by atoms with E-state index in [1.165, 1.54) is 0 Å². The van der Waals surface area contributed by atoms with Crippen molar-refractivity contribution in [3.8, 4) is 11.5 Å². The minimum atomic E-state index is -1.08. The second kappa shape index (κ2) is 14.1. The Morgan fingerprint density at radius 2 is 1.10 bits per heavy atom. The molecule has 6 nitrogen and oxygen atoms in total. The Bertz CT molecular complexity index is 1100. The summed E-state index contributed by atoms with van der Waals surface area (Å²) in [7, 11) is 0. The zero-order valence-corrected chi connectivity index (χ0v) is 26.1. The number of carboxylic acids is 1. The third-order valence-electron chi connectivity index (χ3n) is 6.69. The molecule has 2 aromatic carbocycles. The average molecular weight is 577 g/mol. The smallest absolute Gasteiger partial charge is 0.128 e.